The van der Waals surface area contributed by atoms with Crippen molar-refractivity contribution in [3.63, 3.8) is 0 Å². The van der Waals surface area contributed by atoms with Crippen LogP contribution in [0.3, 0.4) is 0 Å². The lowest BCUT2D eigenvalue weighted by molar-refractivity contribution is 0.0746. The fourth-order valence-electron chi connectivity index (χ4n) is 3.15. The molecule has 1 aliphatic rings. The number of amides is 1. The minimum Gasteiger partial charge on any atom is -0.368 e. The fraction of sp³-hybridized carbons (Fsp3) is 0.222. The van der Waals surface area contributed by atoms with Crippen molar-refractivity contribution in [2.75, 3.05) is 31.1 Å². The highest BCUT2D eigenvalue weighted by molar-refractivity contribution is 6.42. The molecule has 4 rings (SSSR count). The third-order valence-electron chi connectivity index (χ3n) is 4.57. The Morgan fingerprint density at radius 3 is 2.44 bits per heavy atom. The second-order valence-corrected chi connectivity index (χ2v) is 6.96. The minimum atomic E-state index is -0.0325. The Morgan fingerprint density at radius 2 is 1.74 bits per heavy atom. The van der Waals surface area contributed by atoms with Crippen LogP contribution in [0.15, 0.2) is 48.8 Å². The molecular formula is C18H16Cl2N6O. The lowest BCUT2D eigenvalue weighted by atomic mass is 10.1. The molecule has 1 saturated heterocycles. The van der Waals surface area contributed by atoms with Gasteiger partial charge in [-0.15, -0.1) is 5.10 Å². The minimum absolute atomic E-state index is 0.0325. The summed E-state index contributed by atoms with van der Waals surface area (Å²) in [6.07, 6.45) is 1.48. The summed E-state index contributed by atoms with van der Waals surface area (Å²) in [5.41, 5.74) is 2.25. The van der Waals surface area contributed by atoms with Gasteiger partial charge in [-0.1, -0.05) is 35.3 Å². The van der Waals surface area contributed by atoms with Crippen molar-refractivity contribution in [3.8, 4) is 5.69 Å². The standard InChI is InChI=1S/C18H16Cl2N6O/c19-15-6-5-13(11-16(15)20)24-7-9-25(10-8-24)18(27)14-3-1-2-4-17(14)26-12-21-22-23-26/h1-6,11-12H,7-10H2. The van der Waals surface area contributed by atoms with Crippen molar-refractivity contribution in [2.24, 2.45) is 0 Å². The Labute approximate surface area is 166 Å². The van der Waals surface area contributed by atoms with Crippen LogP contribution >= 0.6 is 23.2 Å². The Bertz CT molecular complexity index is 954. The molecule has 9 heteroatoms. The Balaban J connectivity index is 1.49. The SMILES string of the molecule is O=C(c1ccccc1-n1cnnn1)N1CCN(c2ccc(Cl)c(Cl)c2)CC1. The Kier molecular flexibility index (Phi) is 4.96. The predicted molar refractivity (Wildman–Crippen MR) is 104 cm³/mol. The van der Waals surface area contributed by atoms with E-state index < -0.39 is 0 Å². The maximum Gasteiger partial charge on any atom is 0.256 e. The molecule has 2 aromatic carbocycles. The molecule has 0 aliphatic carbocycles. The number of rotatable bonds is 3. The van der Waals surface area contributed by atoms with Gasteiger partial charge in [-0.25, -0.2) is 0 Å². The number of para-hydroxylation sites is 1. The maximum absolute atomic E-state index is 13.0. The number of piperazine rings is 1. The smallest absolute Gasteiger partial charge is 0.256 e. The monoisotopic (exact) mass is 402 g/mol. The van der Waals surface area contributed by atoms with Crippen molar-refractivity contribution in [1.29, 1.82) is 0 Å². The van der Waals surface area contributed by atoms with Crippen LogP contribution in [0.25, 0.3) is 5.69 Å². The van der Waals surface area contributed by atoms with E-state index >= 15 is 0 Å². The number of carbonyl (C=O) groups excluding carboxylic acids is 1. The first-order chi connectivity index (χ1) is 13.1. The van der Waals surface area contributed by atoms with Crippen molar-refractivity contribution in [2.45, 2.75) is 0 Å². The molecule has 27 heavy (non-hydrogen) atoms. The molecule has 1 aliphatic heterocycles. The molecular weight excluding hydrogens is 387 g/mol. The average molecular weight is 403 g/mol. The number of halogens is 2. The molecule has 0 bridgehead atoms. The van der Waals surface area contributed by atoms with Crippen LogP contribution in [0.5, 0.6) is 0 Å². The summed E-state index contributed by atoms with van der Waals surface area (Å²) in [4.78, 5) is 17.1. The topological polar surface area (TPSA) is 67.2 Å². The van der Waals surface area contributed by atoms with Gasteiger partial charge in [0.15, 0.2) is 0 Å². The van der Waals surface area contributed by atoms with Gasteiger partial charge in [0.1, 0.15) is 6.33 Å². The van der Waals surface area contributed by atoms with Gasteiger partial charge < -0.3 is 9.80 Å². The molecule has 0 atom stereocenters. The number of anilines is 1. The molecule has 0 unspecified atom stereocenters. The lowest BCUT2D eigenvalue weighted by Gasteiger charge is -2.36. The third-order valence-corrected chi connectivity index (χ3v) is 5.30. The molecule has 0 radical (unpaired) electrons. The molecule has 0 N–H and O–H groups in total. The number of hydrogen-bond donors (Lipinski definition) is 0. The molecule has 1 fully saturated rings. The van der Waals surface area contributed by atoms with E-state index in [1.807, 2.05) is 35.2 Å². The van der Waals surface area contributed by atoms with Crippen LogP contribution in [0, 0.1) is 0 Å². The van der Waals surface area contributed by atoms with Gasteiger partial charge in [-0.3, -0.25) is 4.79 Å². The lowest BCUT2D eigenvalue weighted by Crippen LogP contribution is -2.49. The second kappa shape index (κ2) is 7.54. The molecule has 3 aromatic rings. The number of nitrogens with zero attached hydrogens (tertiary/aromatic N) is 6. The van der Waals surface area contributed by atoms with E-state index in [0.29, 0.717) is 34.4 Å². The summed E-state index contributed by atoms with van der Waals surface area (Å²) in [6.45, 7) is 2.67. The second-order valence-electron chi connectivity index (χ2n) is 6.15. The molecule has 138 valence electrons. The van der Waals surface area contributed by atoms with Crippen molar-refractivity contribution >= 4 is 34.8 Å². The molecule has 2 heterocycles. The van der Waals surface area contributed by atoms with Crippen LogP contribution in [-0.2, 0) is 0 Å². The van der Waals surface area contributed by atoms with E-state index in [2.05, 4.69) is 20.4 Å². The highest BCUT2D eigenvalue weighted by atomic mass is 35.5. The molecule has 7 nitrogen and oxygen atoms in total. The van der Waals surface area contributed by atoms with Crippen molar-refractivity contribution in [1.82, 2.24) is 25.1 Å². The summed E-state index contributed by atoms with van der Waals surface area (Å²) < 4.78 is 1.50. The van der Waals surface area contributed by atoms with E-state index in [1.165, 1.54) is 11.0 Å². The maximum atomic E-state index is 13.0. The summed E-state index contributed by atoms with van der Waals surface area (Å²) in [5, 5.41) is 12.3. The predicted octanol–water partition coefficient (Wildman–Crippen LogP) is 2.93. The first kappa shape index (κ1) is 17.8. The summed E-state index contributed by atoms with van der Waals surface area (Å²) >= 11 is 12.1. The normalized spacial score (nSPS) is 14.4. The fourth-order valence-corrected chi connectivity index (χ4v) is 3.44. The van der Waals surface area contributed by atoms with Gasteiger partial charge in [0.25, 0.3) is 5.91 Å². The number of carbonyl (C=O) groups is 1. The van der Waals surface area contributed by atoms with E-state index in [1.54, 1.807) is 12.1 Å². The highest BCUT2D eigenvalue weighted by Gasteiger charge is 2.24. The number of tetrazole rings is 1. The highest BCUT2D eigenvalue weighted by Crippen LogP contribution is 2.28. The molecule has 1 aromatic heterocycles. The molecule has 0 spiro atoms. The quantitative estimate of drug-likeness (QED) is 0.673. The van der Waals surface area contributed by atoms with E-state index in [9.17, 15) is 4.79 Å². The summed E-state index contributed by atoms with van der Waals surface area (Å²) in [6, 6.07) is 12.9. The Hall–Kier alpha value is -2.64. The Morgan fingerprint density at radius 1 is 0.963 bits per heavy atom. The van der Waals surface area contributed by atoms with E-state index in [-0.39, 0.29) is 5.91 Å². The number of aromatic nitrogens is 4. The van der Waals surface area contributed by atoms with Gasteiger partial charge in [0.05, 0.1) is 21.3 Å². The van der Waals surface area contributed by atoms with Crippen LogP contribution in [-0.4, -0.2) is 57.2 Å². The average Bonchev–Trinajstić information content (AvgIpc) is 3.24. The zero-order valence-corrected chi connectivity index (χ0v) is 15.8. The third kappa shape index (κ3) is 3.61. The molecule has 1 amide bonds. The van der Waals surface area contributed by atoms with Crippen LogP contribution in [0.2, 0.25) is 10.0 Å². The van der Waals surface area contributed by atoms with Gasteiger partial charge >= 0.3 is 0 Å². The number of hydrogen-bond acceptors (Lipinski definition) is 5. The van der Waals surface area contributed by atoms with Crippen LogP contribution < -0.4 is 4.90 Å². The van der Waals surface area contributed by atoms with Gasteiger partial charge in [-0.2, -0.15) is 4.68 Å². The summed E-state index contributed by atoms with van der Waals surface area (Å²) in [5.74, 6) is -0.0325. The van der Waals surface area contributed by atoms with Gasteiger partial charge in [-0.05, 0) is 40.8 Å². The first-order valence-corrected chi connectivity index (χ1v) is 9.21. The van der Waals surface area contributed by atoms with Crippen molar-refractivity contribution < 1.29 is 4.79 Å². The van der Waals surface area contributed by atoms with Gasteiger partial charge in [0, 0.05) is 31.9 Å². The molecule has 0 saturated carbocycles. The number of benzene rings is 2. The van der Waals surface area contributed by atoms with Crippen molar-refractivity contribution in [3.05, 3.63) is 64.4 Å². The zero-order valence-electron chi connectivity index (χ0n) is 14.3. The van der Waals surface area contributed by atoms with Crippen LogP contribution in [0.4, 0.5) is 5.69 Å². The van der Waals surface area contributed by atoms with E-state index in [0.717, 1.165) is 18.8 Å². The van der Waals surface area contributed by atoms with E-state index in [4.69, 9.17) is 23.2 Å². The largest absolute Gasteiger partial charge is 0.368 e. The first-order valence-electron chi connectivity index (χ1n) is 8.45. The zero-order chi connectivity index (χ0) is 18.8. The van der Waals surface area contributed by atoms with Crippen LogP contribution in [0.1, 0.15) is 10.4 Å². The summed E-state index contributed by atoms with van der Waals surface area (Å²) in [7, 11) is 0. The van der Waals surface area contributed by atoms with Gasteiger partial charge in [0.2, 0.25) is 0 Å².